The van der Waals surface area contributed by atoms with Crippen LogP contribution in [-0.2, 0) is 51.6 Å². The Morgan fingerprint density at radius 2 is 0.771 bits per heavy atom. The number of hydrogen-bond donors (Lipinski definition) is 6. The van der Waals surface area contributed by atoms with Gasteiger partial charge in [-0.2, -0.15) is 15.0 Å². The molecule has 144 heavy (non-hydrogen) atoms. The lowest BCUT2D eigenvalue weighted by atomic mass is 9.98. The Hall–Kier alpha value is -14.5. The number of oxazole rings is 4. The van der Waals surface area contributed by atoms with E-state index in [4.69, 9.17) is 170 Å². The number of nitrogens with zero attached hydrogens (tertiary/aromatic N) is 4. The Balaban J connectivity index is 0.000000195. The molecule has 0 aliphatic carbocycles. The van der Waals surface area contributed by atoms with Gasteiger partial charge in [0.05, 0.1) is 68.2 Å². The first kappa shape index (κ1) is 113. The number of nitrogen functional groups attached to an aromatic ring is 2. The Morgan fingerprint density at radius 3 is 1.13 bits per heavy atom. The van der Waals surface area contributed by atoms with E-state index in [9.17, 15) is 38.4 Å². The van der Waals surface area contributed by atoms with Gasteiger partial charge in [0.15, 0.2) is 51.7 Å². The van der Waals surface area contributed by atoms with Crippen LogP contribution in [-0.4, -0.2) is 117 Å². The van der Waals surface area contributed by atoms with E-state index in [-0.39, 0.29) is 137 Å². The molecule has 0 bridgehead atoms. The van der Waals surface area contributed by atoms with Crippen LogP contribution >= 0.6 is 92.8 Å². The molecule has 39 heteroatoms. The molecule has 5 heterocycles. The number of hydrogen-bond acceptors (Lipinski definition) is 29. The number of carboxylic acids is 1. The number of aromatic hydroxyl groups is 1. The molecule has 0 amide bonds. The van der Waals surface area contributed by atoms with Crippen LogP contribution in [0.4, 0.5) is 17.4 Å². The number of benzene rings is 10. The lowest BCUT2D eigenvalue weighted by molar-refractivity contribution is 0.0688. The zero-order chi connectivity index (χ0) is 105. The number of phenolic OH excluding ortho intramolecular Hbond substituents is 1. The molecule has 0 radical (unpaired) electrons. The van der Waals surface area contributed by atoms with Crippen molar-refractivity contribution in [1.29, 1.82) is 0 Å². The van der Waals surface area contributed by atoms with E-state index < -0.39 is 5.97 Å². The van der Waals surface area contributed by atoms with E-state index in [0.29, 0.717) is 127 Å². The third-order valence-electron chi connectivity index (χ3n) is 20.4. The fourth-order valence-electron chi connectivity index (χ4n) is 12.9. The summed E-state index contributed by atoms with van der Waals surface area (Å²) in [5.41, 5.74) is 20.2. The van der Waals surface area contributed by atoms with Gasteiger partial charge in [0.25, 0.3) is 16.7 Å². The summed E-state index contributed by atoms with van der Waals surface area (Å²) in [5, 5.41) is 21.6. The second kappa shape index (κ2) is 55.2. The van der Waals surface area contributed by atoms with E-state index in [0.717, 1.165) is 69.1 Å². The molecule has 31 nitrogen and oxygen atoms in total. The maximum atomic E-state index is 12.8. The number of carboxylic acid groups (broad SMARTS) is 1. The molecule has 0 atom stereocenters. The van der Waals surface area contributed by atoms with Gasteiger partial charge in [-0.1, -0.05) is 133 Å². The number of rotatable bonds is 34. The molecule has 0 aliphatic heterocycles. The Kier molecular flexibility index (Phi) is 43.3. The molecule has 0 saturated heterocycles. The molecule has 0 spiro atoms. The summed E-state index contributed by atoms with van der Waals surface area (Å²) in [6.07, 6.45) is 5.39. The number of nitrogens with one attached hydrogen (secondary N) is 2. The fourth-order valence-corrected chi connectivity index (χ4v) is 14.6. The number of carbonyl (C=O) groups excluding carboxylic acids is 6. The van der Waals surface area contributed by atoms with Crippen LogP contribution in [0.3, 0.4) is 0 Å². The van der Waals surface area contributed by atoms with Crippen LogP contribution in [0.2, 0.25) is 35.8 Å². The molecule has 8 N–H and O–H groups in total. The summed E-state index contributed by atoms with van der Waals surface area (Å²) >= 11 is 47.8. The first-order valence-electron chi connectivity index (χ1n) is 43.5. The number of phenols is 1. The number of ether oxygens (including phenoxy) is 9. The van der Waals surface area contributed by atoms with Crippen molar-refractivity contribution in [2.45, 2.75) is 113 Å². The number of H-pyrrole nitrogens is 1. The number of ketones is 6. The predicted molar refractivity (Wildman–Crippen MR) is 553 cm³/mol. The predicted octanol–water partition coefficient (Wildman–Crippen LogP) is 25.2. The quantitative estimate of drug-likeness (QED) is 0.0124. The highest BCUT2D eigenvalue weighted by Gasteiger charge is 2.26. The van der Waals surface area contributed by atoms with Crippen LogP contribution in [0.15, 0.2) is 236 Å². The lowest BCUT2D eigenvalue weighted by Crippen LogP contribution is -2.10. The number of fused-ring (bicyclic) bond motifs is 1. The number of pyridine rings is 1. The number of Topliss-reactive ketones (excluding diaryl/α,β-unsaturated/α-hetero) is 6. The van der Waals surface area contributed by atoms with Gasteiger partial charge in [-0.3, -0.25) is 33.6 Å². The summed E-state index contributed by atoms with van der Waals surface area (Å²) < 4.78 is 68.8. The third kappa shape index (κ3) is 33.0. The maximum Gasteiger partial charge on any atom is 0.357 e. The van der Waals surface area contributed by atoms with Crippen molar-refractivity contribution in [3.05, 3.63) is 343 Å². The largest absolute Gasteiger partial charge is 0.506 e. The molecule has 0 aliphatic rings. The van der Waals surface area contributed by atoms with Gasteiger partial charge in [0.1, 0.15) is 141 Å². The number of aromatic nitrogens is 5. The van der Waals surface area contributed by atoms with Crippen molar-refractivity contribution in [3.63, 3.8) is 0 Å². The molecule has 15 rings (SSSR count). The van der Waals surface area contributed by atoms with Crippen molar-refractivity contribution in [2.75, 3.05) is 52.3 Å². The van der Waals surface area contributed by atoms with Crippen molar-refractivity contribution in [2.24, 2.45) is 5.92 Å². The van der Waals surface area contributed by atoms with Gasteiger partial charge in [0, 0.05) is 64.9 Å². The molecular weight excluding hydrogens is 2020 g/mol. The van der Waals surface area contributed by atoms with Crippen molar-refractivity contribution >= 4 is 162 Å². The Bertz CT molecular complexity index is 6970. The lowest BCUT2D eigenvalue weighted by Gasteiger charge is -2.14. The number of nitrogens with two attached hydrogens (primary N) is 2. The second-order valence-electron chi connectivity index (χ2n) is 31.6. The van der Waals surface area contributed by atoms with Crippen molar-refractivity contribution < 1.29 is 104 Å². The fraction of sp³-hybridized carbons (Fsp3) is 0.219. The van der Waals surface area contributed by atoms with E-state index >= 15 is 0 Å². The average Bonchev–Trinajstić information content (AvgIpc) is 1.15. The molecule has 10 aromatic carbocycles. The number of aromatic amines is 1. The van der Waals surface area contributed by atoms with Gasteiger partial charge in [-0.05, 0) is 231 Å². The number of alkyl halides is 1. The normalized spacial score (nSPS) is 10.5. The molecule has 5 aromatic heterocycles. The highest BCUT2D eigenvalue weighted by Crippen LogP contribution is 2.39. The van der Waals surface area contributed by atoms with E-state index in [1.807, 2.05) is 149 Å². The van der Waals surface area contributed by atoms with Crippen LogP contribution in [0, 0.1) is 5.92 Å². The number of anilines is 3. The molecule has 0 fully saturated rings. The number of carbonyl (C=O) groups is 7. The summed E-state index contributed by atoms with van der Waals surface area (Å²) in [6.45, 7) is 14.9. The molecular formula is C105H100Cl8N8O23. The van der Waals surface area contributed by atoms with Gasteiger partial charge in [-0.15, -0.1) is 11.6 Å². The highest BCUT2D eigenvalue weighted by molar-refractivity contribution is 6.37. The third-order valence-corrected chi connectivity index (χ3v) is 23.1. The van der Waals surface area contributed by atoms with E-state index in [2.05, 4.69) is 34.7 Å². The highest BCUT2D eigenvalue weighted by atomic mass is 35.5. The van der Waals surface area contributed by atoms with Gasteiger partial charge in [0.2, 0.25) is 0 Å². The molecule has 0 saturated carbocycles. The standard InChI is InChI=1S/C25H26ClNO5.C23H22ClN3O4.C21H17Cl2NO5.C16H16ClNO3.C8H8ClNO2.C8H9ClO.C4H2ClNO3/c1-15(2)11-24-27-21(14-32-24)22(29)12-20-19(16(3)28)9-10-23(25(20)26)31-13-17-5-7-18(30-4)8-6-17;1-13(2)25-23-27-18(12-31-23)17-10-19(28)16-8-9-20(21(24)22(16)26-17)30-11-14-4-6-15(29-3)7-5-14;1-12(25)15-7-8-19(28-10-13-3-5-14(27-2)6-4-13)20(22)16(15)9-18(26)17-11-29-21(23)24-17;1-10(19)13-7-8-14(15(17)16(13)18)21-9-11-3-5-12(20-2)6-4-11;1-4(11)5-2-3-6(12)7(9)8(5)10;1-10-8-4-2-7(6-9)3-5-8;5-4-6-2(1-9-4)3(7)8/h5-10,14-15H,11-13H2,1-4H3;4-10,12-13H,11H2,1-3H3,(H,25,27)(H,26,28);3-8,11H,9-10H2,1-2H3;3-8H,9,18H2,1-2H3;2-3,12H,10H2,1H3;2-5H,6H2,1H3;1H,(H,7,8). The second-order valence-corrected chi connectivity index (χ2v) is 34.4. The molecule has 15 aromatic rings. The molecule has 754 valence electrons. The monoisotopic (exact) mass is 2120 g/mol. The van der Waals surface area contributed by atoms with E-state index in [1.54, 1.807) is 84.1 Å². The van der Waals surface area contributed by atoms with E-state index in [1.165, 1.54) is 58.4 Å². The minimum absolute atomic E-state index is 0.0303. The minimum Gasteiger partial charge on any atom is -0.506 e. The smallest absolute Gasteiger partial charge is 0.357 e. The Morgan fingerprint density at radius 1 is 0.417 bits per heavy atom. The zero-order valence-corrected chi connectivity index (χ0v) is 86.0. The Labute approximate surface area is 868 Å². The maximum absolute atomic E-state index is 12.8. The number of aromatic carboxylic acids is 1. The minimum atomic E-state index is -1.15. The van der Waals surface area contributed by atoms with Crippen molar-refractivity contribution in [1.82, 2.24) is 24.9 Å². The summed E-state index contributed by atoms with van der Waals surface area (Å²) in [5.74, 6) is 4.43. The summed E-state index contributed by atoms with van der Waals surface area (Å²) in [4.78, 5) is 113. The van der Waals surface area contributed by atoms with Crippen LogP contribution in [0.5, 0.6) is 57.5 Å². The van der Waals surface area contributed by atoms with Gasteiger partial charge < -0.3 is 92.3 Å². The van der Waals surface area contributed by atoms with Crippen molar-refractivity contribution in [3.8, 4) is 68.9 Å². The summed E-state index contributed by atoms with van der Waals surface area (Å²) in [6, 6.07) is 55.6. The van der Waals surface area contributed by atoms with Crippen LogP contribution in [0.1, 0.15) is 173 Å². The number of halogens is 8. The van der Waals surface area contributed by atoms with Crippen LogP contribution < -0.4 is 64.8 Å². The first-order chi connectivity index (χ1) is 68.7. The van der Waals surface area contributed by atoms with Gasteiger partial charge >= 0.3 is 5.97 Å². The SMILES string of the molecule is CC(=O)c1ccc(O)c(Cl)c1N.COc1ccc(CCl)cc1.COc1ccc(COc2ccc(C(C)=O)c(CC(=O)c3coc(CC(C)C)n3)c2Cl)cc1.COc1ccc(COc2ccc(C(C)=O)c(CC(=O)c3coc(Cl)n3)c2Cl)cc1.COc1ccc(COc2ccc(C(C)=O)c(N)c2Cl)cc1.COc1ccc(COc2ccc3c(=O)cc(-c4coc(NC(C)C)n4)[nH]c3c2Cl)cc1.O=C(O)c1coc(Cl)n1. The topological polar surface area (TPSA) is 444 Å². The zero-order valence-electron chi connectivity index (χ0n) is 80.0. The van der Waals surface area contributed by atoms with Crippen LogP contribution in [0.25, 0.3) is 22.3 Å². The average molecular weight is 2130 g/mol. The first-order valence-corrected chi connectivity index (χ1v) is 46.7. The van der Waals surface area contributed by atoms with Gasteiger partial charge in [-0.25, -0.2) is 9.78 Å². The number of methoxy groups -OCH3 is 5. The molecule has 0 unspecified atom stereocenters. The summed E-state index contributed by atoms with van der Waals surface area (Å²) in [7, 11) is 8.09.